The van der Waals surface area contributed by atoms with Gasteiger partial charge in [-0.15, -0.1) is 0 Å². The molecule has 4 nitrogen and oxygen atoms in total. The Morgan fingerprint density at radius 1 is 1.35 bits per heavy atom. The summed E-state index contributed by atoms with van der Waals surface area (Å²) in [6, 6.07) is 5.74. The quantitative estimate of drug-likeness (QED) is 0.921. The van der Waals surface area contributed by atoms with Crippen molar-refractivity contribution in [2.24, 2.45) is 7.05 Å². The highest BCUT2D eigenvalue weighted by Crippen LogP contribution is 2.41. The predicted molar refractivity (Wildman–Crippen MR) is 78.1 cm³/mol. The van der Waals surface area contributed by atoms with Crippen LogP contribution in [0.3, 0.4) is 0 Å². The fourth-order valence-corrected chi connectivity index (χ4v) is 3.57. The Hall–Kier alpha value is -1.55. The van der Waals surface area contributed by atoms with Crippen molar-refractivity contribution < 1.29 is 9.90 Å². The topological polar surface area (TPSA) is 55.1 Å². The molecule has 1 aliphatic carbocycles. The van der Waals surface area contributed by atoms with E-state index in [1.807, 2.05) is 25.2 Å². The van der Waals surface area contributed by atoms with E-state index in [2.05, 4.69) is 5.10 Å². The number of aryl methyl sites for hydroxylation is 1. The summed E-state index contributed by atoms with van der Waals surface area (Å²) in [5.41, 5.74) is 1.02. The van der Waals surface area contributed by atoms with Crippen LogP contribution in [0.5, 0.6) is 0 Å². The molecule has 0 amide bonds. The zero-order valence-electron chi connectivity index (χ0n) is 11.4. The smallest absolute Gasteiger partial charge is 0.314 e. The highest BCUT2D eigenvalue weighted by atomic mass is 35.5. The van der Waals surface area contributed by atoms with Crippen LogP contribution in [0.1, 0.15) is 37.7 Å². The fourth-order valence-electron chi connectivity index (χ4n) is 3.30. The van der Waals surface area contributed by atoms with Crippen LogP contribution in [0.4, 0.5) is 0 Å². The fraction of sp³-hybridized carbons (Fsp3) is 0.467. The second kappa shape index (κ2) is 4.77. The Labute approximate surface area is 122 Å². The lowest BCUT2D eigenvalue weighted by Crippen LogP contribution is -2.37. The monoisotopic (exact) mass is 292 g/mol. The Morgan fingerprint density at radius 2 is 2.05 bits per heavy atom. The standard InChI is InChI=1S/C15H17ClN2O2/c1-18-12-6-5-10(9-11(12)13(16)17-18)15(14(19)20)7-3-2-4-8-15/h5-6,9H,2-4,7-8H2,1H3,(H,19,20). The molecule has 1 aliphatic rings. The van der Waals surface area contributed by atoms with E-state index in [0.717, 1.165) is 35.7 Å². The van der Waals surface area contributed by atoms with Gasteiger partial charge in [-0.3, -0.25) is 9.48 Å². The van der Waals surface area contributed by atoms with Gasteiger partial charge in [0.25, 0.3) is 0 Å². The number of carboxylic acid groups (broad SMARTS) is 1. The number of carbonyl (C=O) groups is 1. The van der Waals surface area contributed by atoms with Crippen molar-refractivity contribution in [2.45, 2.75) is 37.5 Å². The number of benzene rings is 1. The molecule has 5 heteroatoms. The van der Waals surface area contributed by atoms with Crippen molar-refractivity contribution in [1.29, 1.82) is 0 Å². The SMILES string of the molecule is Cn1nc(Cl)c2cc(C3(C(=O)O)CCCCC3)ccc21. The summed E-state index contributed by atoms with van der Waals surface area (Å²) in [7, 11) is 1.83. The molecule has 0 spiro atoms. The number of halogens is 1. The molecule has 0 saturated heterocycles. The molecule has 1 aromatic heterocycles. The number of nitrogens with zero attached hydrogens (tertiary/aromatic N) is 2. The van der Waals surface area contributed by atoms with Gasteiger partial charge in [0.15, 0.2) is 5.15 Å². The summed E-state index contributed by atoms with van der Waals surface area (Å²) >= 11 is 6.13. The normalized spacial score (nSPS) is 18.3. The molecule has 1 heterocycles. The van der Waals surface area contributed by atoms with Gasteiger partial charge in [-0.2, -0.15) is 5.10 Å². The number of carboxylic acids is 1. The molecule has 0 radical (unpaired) electrons. The van der Waals surface area contributed by atoms with Crippen LogP contribution in [0.15, 0.2) is 18.2 Å². The van der Waals surface area contributed by atoms with E-state index in [0.29, 0.717) is 18.0 Å². The molecule has 1 aromatic carbocycles. The van der Waals surface area contributed by atoms with Crippen molar-refractivity contribution in [3.63, 3.8) is 0 Å². The summed E-state index contributed by atoms with van der Waals surface area (Å²) in [6.45, 7) is 0. The minimum Gasteiger partial charge on any atom is -0.481 e. The third-order valence-electron chi connectivity index (χ3n) is 4.47. The highest BCUT2D eigenvalue weighted by Gasteiger charge is 2.41. The molecule has 106 valence electrons. The zero-order chi connectivity index (χ0) is 14.3. The van der Waals surface area contributed by atoms with E-state index in [1.54, 1.807) is 4.68 Å². The van der Waals surface area contributed by atoms with Crippen LogP contribution < -0.4 is 0 Å². The molecule has 0 atom stereocenters. The molecule has 0 aliphatic heterocycles. The maximum absolute atomic E-state index is 11.8. The molecule has 1 N–H and O–H groups in total. The van der Waals surface area contributed by atoms with Crippen LogP contribution >= 0.6 is 11.6 Å². The van der Waals surface area contributed by atoms with Crippen molar-refractivity contribution >= 4 is 28.5 Å². The summed E-state index contributed by atoms with van der Waals surface area (Å²) < 4.78 is 1.72. The molecule has 0 unspecified atom stereocenters. The summed E-state index contributed by atoms with van der Waals surface area (Å²) in [5.74, 6) is -0.725. The van der Waals surface area contributed by atoms with Gasteiger partial charge in [0.2, 0.25) is 0 Å². The molecule has 3 rings (SSSR count). The first-order valence-electron chi connectivity index (χ1n) is 6.91. The maximum Gasteiger partial charge on any atom is 0.314 e. The van der Waals surface area contributed by atoms with Gasteiger partial charge in [0, 0.05) is 12.4 Å². The Balaban J connectivity index is 2.16. The third kappa shape index (κ3) is 1.90. The first-order valence-corrected chi connectivity index (χ1v) is 7.28. The van der Waals surface area contributed by atoms with E-state index < -0.39 is 11.4 Å². The van der Waals surface area contributed by atoms with E-state index in [1.165, 1.54) is 0 Å². The second-order valence-corrected chi connectivity index (χ2v) is 5.95. The maximum atomic E-state index is 11.8. The van der Waals surface area contributed by atoms with E-state index >= 15 is 0 Å². The molecule has 1 fully saturated rings. The number of fused-ring (bicyclic) bond motifs is 1. The molecule has 1 saturated carbocycles. The van der Waals surface area contributed by atoms with Crippen molar-refractivity contribution in [1.82, 2.24) is 9.78 Å². The van der Waals surface area contributed by atoms with Gasteiger partial charge in [-0.1, -0.05) is 36.9 Å². The van der Waals surface area contributed by atoms with Crippen LogP contribution in [0.2, 0.25) is 5.15 Å². The van der Waals surface area contributed by atoms with Crippen molar-refractivity contribution in [2.75, 3.05) is 0 Å². The van der Waals surface area contributed by atoms with Crippen LogP contribution in [-0.2, 0) is 17.3 Å². The number of aromatic nitrogens is 2. The van der Waals surface area contributed by atoms with E-state index in [9.17, 15) is 9.90 Å². The highest BCUT2D eigenvalue weighted by molar-refractivity contribution is 6.34. The summed E-state index contributed by atoms with van der Waals surface area (Å²) in [4.78, 5) is 11.8. The minimum absolute atomic E-state index is 0.431. The molecular formula is C15H17ClN2O2. The lowest BCUT2D eigenvalue weighted by molar-refractivity contribution is -0.145. The van der Waals surface area contributed by atoms with Crippen LogP contribution in [0.25, 0.3) is 10.9 Å². The first-order chi connectivity index (χ1) is 9.54. The lowest BCUT2D eigenvalue weighted by atomic mass is 9.69. The van der Waals surface area contributed by atoms with E-state index in [4.69, 9.17) is 11.6 Å². The van der Waals surface area contributed by atoms with Crippen molar-refractivity contribution in [3.8, 4) is 0 Å². The van der Waals surface area contributed by atoms with Gasteiger partial charge in [-0.25, -0.2) is 0 Å². The van der Waals surface area contributed by atoms with Gasteiger partial charge in [0.1, 0.15) is 0 Å². The van der Waals surface area contributed by atoms with Crippen molar-refractivity contribution in [3.05, 3.63) is 28.9 Å². The van der Waals surface area contributed by atoms with Crippen LogP contribution in [0, 0.1) is 0 Å². The van der Waals surface area contributed by atoms with Gasteiger partial charge >= 0.3 is 5.97 Å². The average Bonchev–Trinajstić information content (AvgIpc) is 2.74. The lowest BCUT2D eigenvalue weighted by Gasteiger charge is -2.33. The van der Waals surface area contributed by atoms with Gasteiger partial charge < -0.3 is 5.11 Å². The molecule has 20 heavy (non-hydrogen) atoms. The van der Waals surface area contributed by atoms with E-state index in [-0.39, 0.29) is 0 Å². The summed E-state index contributed by atoms with van der Waals surface area (Å²) in [5, 5.41) is 15.2. The largest absolute Gasteiger partial charge is 0.481 e. The molecule has 2 aromatic rings. The third-order valence-corrected chi connectivity index (χ3v) is 4.75. The average molecular weight is 293 g/mol. The summed E-state index contributed by atoms with van der Waals surface area (Å²) in [6.07, 6.45) is 4.44. The number of hydrogen-bond acceptors (Lipinski definition) is 2. The second-order valence-electron chi connectivity index (χ2n) is 5.59. The van der Waals surface area contributed by atoms with Crippen LogP contribution in [-0.4, -0.2) is 20.9 Å². The molecular weight excluding hydrogens is 276 g/mol. The Morgan fingerprint density at radius 3 is 2.70 bits per heavy atom. The minimum atomic E-state index is -0.758. The number of aliphatic carboxylic acids is 1. The van der Waals surface area contributed by atoms with Gasteiger partial charge in [-0.05, 0) is 30.5 Å². The number of rotatable bonds is 2. The number of hydrogen-bond donors (Lipinski definition) is 1. The Bertz CT molecular complexity index is 672. The predicted octanol–water partition coefficient (Wildman–Crippen LogP) is 3.51. The van der Waals surface area contributed by atoms with Gasteiger partial charge in [0.05, 0.1) is 10.9 Å². The Kier molecular flexibility index (Phi) is 3.21. The first kappa shape index (κ1) is 13.4. The zero-order valence-corrected chi connectivity index (χ0v) is 12.2. The molecule has 0 bridgehead atoms.